The molecule has 0 amide bonds. The van der Waals surface area contributed by atoms with Crippen LogP contribution in [0.2, 0.25) is 0 Å². The Morgan fingerprint density at radius 3 is 2.41 bits per heavy atom. The van der Waals surface area contributed by atoms with Crippen molar-refractivity contribution in [3.8, 4) is 0 Å². The lowest BCUT2D eigenvalue weighted by Gasteiger charge is -2.35. The van der Waals surface area contributed by atoms with Crippen molar-refractivity contribution in [1.82, 2.24) is 4.90 Å². The molecule has 0 aliphatic carbocycles. The standard InChI is InChI=1S/C20H23N3O4/c1-27-14-13-21-9-11-22(12-10-21)18-8-7-17(15-19(18)23(25)26)20(24)16-5-3-2-4-6-16/h2-8,15H,9-14H2,1H3. The number of carbonyl (C=O) groups excluding carboxylic acids is 1. The molecule has 0 N–H and O–H groups in total. The van der Waals surface area contributed by atoms with Gasteiger partial charge in [-0.3, -0.25) is 19.8 Å². The summed E-state index contributed by atoms with van der Waals surface area (Å²) >= 11 is 0. The number of ether oxygens (including phenoxy) is 1. The van der Waals surface area contributed by atoms with Gasteiger partial charge in [-0.1, -0.05) is 30.3 Å². The van der Waals surface area contributed by atoms with Crippen LogP contribution in [-0.2, 0) is 4.74 Å². The Hall–Kier alpha value is -2.77. The number of ketones is 1. The zero-order valence-corrected chi connectivity index (χ0v) is 15.3. The zero-order valence-electron chi connectivity index (χ0n) is 15.3. The molecular formula is C20H23N3O4. The van der Waals surface area contributed by atoms with E-state index in [1.54, 1.807) is 43.5 Å². The van der Waals surface area contributed by atoms with E-state index in [0.29, 0.717) is 36.5 Å². The summed E-state index contributed by atoms with van der Waals surface area (Å²) in [4.78, 5) is 28.1. The largest absolute Gasteiger partial charge is 0.383 e. The van der Waals surface area contributed by atoms with Crippen molar-refractivity contribution in [1.29, 1.82) is 0 Å². The molecule has 0 aromatic heterocycles. The van der Waals surface area contributed by atoms with Crippen LogP contribution in [-0.4, -0.2) is 62.0 Å². The third kappa shape index (κ3) is 4.50. The average Bonchev–Trinajstić information content (AvgIpc) is 2.72. The lowest BCUT2D eigenvalue weighted by Crippen LogP contribution is -2.47. The van der Waals surface area contributed by atoms with Gasteiger partial charge in [-0.05, 0) is 12.1 Å². The summed E-state index contributed by atoms with van der Waals surface area (Å²) in [5.74, 6) is -0.213. The maximum Gasteiger partial charge on any atom is 0.293 e. The molecule has 0 radical (unpaired) electrons. The highest BCUT2D eigenvalue weighted by Gasteiger charge is 2.25. The van der Waals surface area contributed by atoms with Crippen molar-refractivity contribution >= 4 is 17.2 Å². The Morgan fingerprint density at radius 2 is 1.78 bits per heavy atom. The highest BCUT2D eigenvalue weighted by Crippen LogP contribution is 2.30. The molecule has 7 nitrogen and oxygen atoms in total. The molecule has 1 saturated heterocycles. The van der Waals surface area contributed by atoms with E-state index in [9.17, 15) is 14.9 Å². The number of hydrogen-bond donors (Lipinski definition) is 0. The summed E-state index contributed by atoms with van der Waals surface area (Å²) in [7, 11) is 1.68. The average molecular weight is 369 g/mol. The fraction of sp³-hybridized carbons (Fsp3) is 0.350. The van der Waals surface area contributed by atoms with Gasteiger partial charge < -0.3 is 9.64 Å². The molecule has 1 fully saturated rings. The first-order valence-corrected chi connectivity index (χ1v) is 8.94. The maximum atomic E-state index is 12.6. The van der Waals surface area contributed by atoms with Gasteiger partial charge in [0.2, 0.25) is 0 Å². The van der Waals surface area contributed by atoms with Crippen LogP contribution in [0.25, 0.3) is 0 Å². The summed E-state index contributed by atoms with van der Waals surface area (Å²) in [6, 6.07) is 13.6. The van der Waals surface area contributed by atoms with Crippen LogP contribution < -0.4 is 4.90 Å². The molecule has 27 heavy (non-hydrogen) atoms. The molecule has 2 aromatic rings. The van der Waals surface area contributed by atoms with Gasteiger partial charge in [0.05, 0.1) is 11.5 Å². The number of nitro benzene ring substituents is 1. The van der Waals surface area contributed by atoms with E-state index in [2.05, 4.69) is 4.90 Å². The van der Waals surface area contributed by atoms with E-state index in [1.807, 2.05) is 11.0 Å². The van der Waals surface area contributed by atoms with Crippen molar-refractivity contribution in [3.63, 3.8) is 0 Å². The Labute approximate surface area is 158 Å². The van der Waals surface area contributed by atoms with Crippen LogP contribution in [0, 0.1) is 10.1 Å². The van der Waals surface area contributed by atoms with E-state index in [1.165, 1.54) is 6.07 Å². The van der Waals surface area contributed by atoms with Gasteiger partial charge in [-0.2, -0.15) is 0 Å². The normalized spacial score (nSPS) is 14.9. The van der Waals surface area contributed by atoms with Crippen molar-refractivity contribution < 1.29 is 14.5 Å². The van der Waals surface area contributed by atoms with E-state index in [-0.39, 0.29) is 11.5 Å². The Balaban J connectivity index is 1.79. The first-order valence-electron chi connectivity index (χ1n) is 8.94. The number of rotatable bonds is 7. The molecule has 0 unspecified atom stereocenters. The summed E-state index contributed by atoms with van der Waals surface area (Å²) in [5.41, 5.74) is 1.39. The molecule has 1 aliphatic rings. The molecule has 0 bridgehead atoms. The first-order chi connectivity index (χ1) is 13.1. The van der Waals surface area contributed by atoms with Gasteiger partial charge in [0.15, 0.2) is 5.78 Å². The number of methoxy groups -OCH3 is 1. The van der Waals surface area contributed by atoms with Crippen LogP contribution in [0.4, 0.5) is 11.4 Å². The van der Waals surface area contributed by atoms with E-state index < -0.39 is 4.92 Å². The van der Waals surface area contributed by atoms with Crippen LogP contribution in [0.5, 0.6) is 0 Å². The number of carbonyl (C=O) groups is 1. The van der Waals surface area contributed by atoms with Crippen LogP contribution in [0.15, 0.2) is 48.5 Å². The fourth-order valence-corrected chi connectivity index (χ4v) is 3.27. The van der Waals surface area contributed by atoms with Gasteiger partial charge >= 0.3 is 0 Å². The highest BCUT2D eigenvalue weighted by molar-refractivity contribution is 6.09. The third-order valence-corrected chi connectivity index (χ3v) is 4.79. The van der Waals surface area contributed by atoms with Crippen molar-refractivity contribution in [3.05, 3.63) is 69.8 Å². The predicted molar refractivity (Wildman–Crippen MR) is 103 cm³/mol. The Morgan fingerprint density at radius 1 is 1.07 bits per heavy atom. The maximum absolute atomic E-state index is 12.6. The number of nitrogens with zero attached hydrogens (tertiary/aromatic N) is 3. The SMILES string of the molecule is COCCN1CCN(c2ccc(C(=O)c3ccccc3)cc2[N+](=O)[O-])CC1. The molecule has 0 spiro atoms. The minimum atomic E-state index is -0.408. The number of piperazine rings is 1. The number of benzene rings is 2. The third-order valence-electron chi connectivity index (χ3n) is 4.79. The molecule has 0 saturated carbocycles. The second kappa shape index (κ2) is 8.75. The number of nitro groups is 1. The quantitative estimate of drug-likeness (QED) is 0.424. The molecule has 0 atom stereocenters. The van der Waals surface area contributed by atoms with Gasteiger partial charge in [0, 0.05) is 57.0 Å². The van der Waals surface area contributed by atoms with Crippen LogP contribution in [0.3, 0.4) is 0 Å². The minimum Gasteiger partial charge on any atom is -0.383 e. The summed E-state index contributed by atoms with van der Waals surface area (Å²) in [6.07, 6.45) is 0. The molecule has 7 heteroatoms. The van der Waals surface area contributed by atoms with E-state index >= 15 is 0 Å². The second-order valence-corrected chi connectivity index (χ2v) is 6.48. The highest BCUT2D eigenvalue weighted by atomic mass is 16.6. The van der Waals surface area contributed by atoms with E-state index in [0.717, 1.165) is 19.6 Å². The van der Waals surface area contributed by atoms with Crippen LogP contribution in [0.1, 0.15) is 15.9 Å². The molecular weight excluding hydrogens is 346 g/mol. The smallest absolute Gasteiger partial charge is 0.293 e. The van der Waals surface area contributed by atoms with Gasteiger partial charge in [0.1, 0.15) is 5.69 Å². The van der Waals surface area contributed by atoms with Crippen LogP contribution >= 0.6 is 0 Å². The Bertz CT molecular complexity index is 802. The lowest BCUT2D eigenvalue weighted by atomic mass is 10.0. The molecule has 2 aromatic carbocycles. The molecule has 3 rings (SSSR count). The Kier molecular flexibility index (Phi) is 6.16. The van der Waals surface area contributed by atoms with Crippen molar-refractivity contribution in [2.24, 2.45) is 0 Å². The fourth-order valence-electron chi connectivity index (χ4n) is 3.27. The number of anilines is 1. The monoisotopic (exact) mass is 369 g/mol. The topological polar surface area (TPSA) is 75.9 Å². The summed E-state index contributed by atoms with van der Waals surface area (Å²) in [6.45, 7) is 4.59. The van der Waals surface area contributed by atoms with Gasteiger partial charge in [-0.25, -0.2) is 0 Å². The second-order valence-electron chi connectivity index (χ2n) is 6.48. The first kappa shape index (κ1) is 19.0. The lowest BCUT2D eigenvalue weighted by molar-refractivity contribution is -0.384. The molecule has 1 aliphatic heterocycles. The van der Waals surface area contributed by atoms with Gasteiger partial charge in [-0.15, -0.1) is 0 Å². The van der Waals surface area contributed by atoms with Gasteiger partial charge in [0.25, 0.3) is 5.69 Å². The zero-order chi connectivity index (χ0) is 19.2. The van der Waals surface area contributed by atoms with E-state index in [4.69, 9.17) is 4.74 Å². The summed E-state index contributed by atoms with van der Waals surface area (Å²) in [5, 5.41) is 11.6. The van der Waals surface area contributed by atoms with Crippen molar-refractivity contribution in [2.45, 2.75) is 0 Å². The summed E-state index contributed by atoms with van der Waals surface area (Å²) < 4.78 is 5.10. The number of hydrogen-bond acceptors (Lipinski definition) is 6. The predicted octanol–water partition coefficient (Wildman–Crippen LogP) is 2.59. The molecule has 142 valence electrons. The minimum absolute atomic E-state index is 0.0258. The van der Waals surface area contributed by atoms with Crippen molar-refractivity contribution in [2.75, 3.05) is 51.3 Å². The molecule has 1 heterocycles.